The summed E-state index contributed by atoms with van der Waals surface area (Å²) in [7, 11) is 0. The molecule has 0 bridgehead atoms. The van der Waals surface area contributed by atoms with Crippen molar-refractivity contribution in [3.8, 4) is 16.9 Å². The van der Waals surface area contributed by atoms with Crippen molar-refractivity contribution >= 4 is 33.5 Å². The van der Waals surface area contributed by atoms with E-state index in [1.807, 2.05) is 30.3 Å². The number of benzene rings is 2. The zero-order valence-electron chi connectivity index (χ0n) is 10.5. The van der Waals surface area contributed by atoms with Crippen LogP contribution >= 0.6 is 27.5 Å². The highest BCUT2D eigenvalue weighted by molar-refractivity contribution is 9.09. The zero-order chi connectivity index (χ0) is 14.5. The van der Waals surface area contributed by atoms with Gasteiger partial charge in [0, 0.05) is 15.9 Å². The second kappa shape index (κ2) is 6.77. The Hall–Kier alpha value is -1.52. The summed E-state index contributed by atoms with van der Waals surface area (Å²) in [6, 6.07) is 12.5. The van der Waals surface area contributed by atoms with Crippen LogP contribution in [0.5, 0.6) is 5.75 Å². The summed E-state index contributed by atoms with van der Waals surface area (Å²) < 4.78 is 5.60. The fourth-order valence-electron chi connectivity index (χ4n) is 1.88. The van der Waals surface area contributed by atoms with Crippen molar-refractivity contribution in [3.05, 3.63) is 53.1 Å². The minimum Gasteiger partial charge on any atom is -0.491 e. The van der Waals surface area contributed by atoms with E-state index in [-0.39, 0.29) is 5.56 Å². The Morgan fingerprint density at radius 2 is 1.95 bits per heavy atom. The number of aromatic carboxylic acids is 1. The number of carboxylic acid groups (broad SMARTS) is 1. The molecule has 0 aromatic heterocycles. The Labute approximate surface area is 130 Å². The lowest BCUT2D eigenvalue weighted by Gasteiger charge is -2.14. The Kier molecular flexibility index (Phi) is 5.04. The first kappa shape index (κ1) is 14.9. The minimum atomic E-state index is -1.06. The quantitative estimate of drug-likeness (QED) is 0.804. The van der Waals surface area contributed by atoms with Gasteiger partial charge in [-0.1, -0.05) is 57.9 Å². The molecule has 0 heterocycles. The third-order valence-corrected chi connectivity index (χ3v) is 3.23. The van der Waals surface area contributed by atoms with Crippen molar-refractivity contribution < 1.29 is 14.6 Å². The molecule has 5 heteroatoms. The molecular formula is C15H12BrClO3. The van der Waals surface area contributed by atoms with Gasteiger partial charge in [-0.3, -0.25) is 0 Å². The van der Waals surface area contributed by atoms with Gasteiger partial charge in [0.05, 0.1) is 6.61 Å². The molecule has 20 heavy (non-hydrogen) atoms. The maximum absolute atomic E-state index is 11.4. The van der Waals surface area contributed by atoms with E-state index in [1.165, 1.54) is 6.07 Å². The van der Waals surface area contributed by atoms with Crippen molar-refractivity contribution in [2.75, 3.05) is 11.9 Å². The summed E-state index contributed by atoms with van der Waals surface area (Å²) in [5, 5.41) is 10.3. The molecule has 2 aromatic rings. The van der Waals surface area contributed by atoms with E-state index in [4.69, 9.17) is 16.3 Å². The third kappa shape index (κ3) is 3.32. The topological polar surface area (TPSA) is 46.5 Å². The van der Waals surface area contributed by atoms with Crippen LogP contribution in [-0.4, -0.2) is 23.0 Å². The van der Waals surface area contributed by atoms with Crippen LogP contribution in [0.3, 0.4) is 0 Å². The molecule has 0 aliphatic heterocycles. The second-order valence-electron chi connectivity index (χ2n) is 4.04. The first-order valence-electron chi connectivity index (χ1n) is 5.94. The molecule has 2 aromatic carbocycles. The fourth-order valence-corrected chi connectivity index (χ4v) is 2.26. The maximum Gasteiger partial charge on any atom is 0.339 e. The number of ether oxygens (including phenoxy) is 1. The van der Waals surface area contributed by atoms with Gasteiger partial charge in [-0.05, 0) is 17.7 Å². The standard InChI is InChI=1S/C15H12BrClO3/c16-6-7-20-14-12(10-4-2-1-3-5-10)8-11(17)9-13(14)15(18)19/h1-5,8-9H,6-7H2,(H,18,19). The van der Waals surface area contributed by atoms with Crippen LogP contribution in [0.2, 0.25) is 5.02 Å². The first-order valence-corrected chi connectivity index (χ1v) is 7.44. The lowest BCUT2D eigenvalue weighted by Crippen LogP contribution is -2.06. The average molecular weight is 356 g/mol. The summed E-state index contributed by atoms with van der Waals surface area (Å²) in [5.41, 5.74) is 1.61. The smallest absolute Gasteiger partial charge is 0.339 e. The molecule has 0 fully saturated rings. The molecular weight excluding hydrogens is 344 g/mol. The lowest BCUT2D eigenvalue weighted by molar-refractivity contribution is 0.0692. The van der Waals surface area contributed by atoms with E-state index in [2.05, 4.69) is 15.9 Å². The van der Waals surface area contributed by atoms with Gasteiger partial charge in [-0.25, -0.2) is 4.79 Å². The number of carboxylic acids is 1. The van der Waals surface area contributed by atoms with Crippen molar-refractivity contribution in [1.82, 2.24) is 0 Å². The van der Waals surface area contributed by atoms with Gasteiger partial charge in [-0.2, -0.15) is 0 Å². The van der Waals surface area contributed by atoms with E-state index in [1.54, 1.807) is 6.07 Å². The Balaban J connectivity index is 2.62. The molecule has 0 atom stereocenters. The highest BCUT2D eigenvalue weighted by Crippen LogP contribution is 2.36. The number of hydrogen-bond donors (Lipinski definition) is 1. The van der Waals surface area contributed by atoms with Gasteiger partial charge in [0.1, 0.15) is 11.3 Å². The van der Waals surface area contributed by atoms with Crippen LogP contribution in [0.4, 0.5) is 0 Å². The SMILES string of the molecule is O=C(O)c1cc(Cl)cc(-c2ccccc2)c1OCCBr. The predicted molar refractivity (Wildman–Crippen MR) is 83.1 cm³/mol. The monoisotopic (exact) mass is 354 g/mol. The number of rotatable bonds is 5. The van der Waals surface area contributed by atoms with Crippen LogP contribution in [0.1, 0.15) is 10.4 Å². The summed E-state index contributed by atoms with van der Waals surface area (Å²) in [5.74, 6) is -0.721. The number of halogens is 2. The maximum atomic E-state index is 11.4. The van der Waals surface area contributed by atoms with E-state index in [0.29, 0.717) is 28.3 Å². The largest absolute Gasteiger partial charge is 0.491 e. The molecule has 0 aliphatic rings. The Bertz CT molecular complexity index is 614. The molecule has 0 amide bonds. The van der Waals surface area contributed by atoms with E-state index >= 15 is 0 Å². The first-order chi connectivity index (χ1) is 9.63. The molecule has 0 radical (unpaired) electrons. The highest BCUT2D eigenvalue weighted by Gasteiger charge is 2.18. The fraction of sp³-hybridized carbons (Fsp3) is 0.133. The van der Waals surface area contributed by atoms with E-state index < -0.39 is 5.97 Å². The van der Waals surface area contributed by atoms with Crippen molar-refractivity contribution in [2.45, 2.75) is 0 Å². The van der Waals surface area contributed by atoms with Crippen LogP contribution in [0.15, 0.2) is 42.5 Å². The van der Waals surface area contributed by atoms with Crippen LogP contribution in [0.25, 0.3) is 11.1 Å². The van der Waals surface area contributed by atoms with Crippen molar-refractivity contribution in [1.29, 1.82) is 0 Å². The van der Waals surface area contributed by atoms with Crippen LogP contribution < -0.4 is 4.74 Å². The molecule has 0 aliphatic carbocycles. The van der Waals surface area contributed by atoms with Crippen LogP contribution in [-0.2, 0) is 0 Å². The van der Waals surface area contributed by atoms with E-state index in [9.17, 15) is 9.90 Å². The lowest BCUT2D eigenvalue weighted by atomic mass is 10.0. The normalized spacial score (nSPS) is 10.3. The van der Waals surface area contributed by atoms with Crippen LogP contribution in [0, 0.1) is 0 Å². The van der Waals surface area contributed by atoms with Gasteiger partial charge >= 0.3 is 5.97 Å². The van der Waals surface area contributed by atoms with Crippen molar-refractivity contribution in [2.24, 2.45) is 0 Å². The molecule has 0 saturated carbocycles. The van der Waals surface area contributed by atoms with Gasteiger partial charge in [0.2, 0.25) is 0 Å². The molecule has 1 N–H and O–H groups in total. The van der Waals surface area contributed by atoms with Gasteiger partial charge in [0.25, 0.3) is 0 Å². The second-order valence-corrected chi connectivity index (χ2v) is 5.27. The Morgan fingerprint density at radius 3 is 2.55 bits per heavy atom. The average Bonchev–Trinajstić information content (AvgIpc) is 2.46. The third-order valence-electron chi connectivity index (χ3n) is 2.69. The summed E-state index contributed by atoms with van der Waals surface area (Å²) >= 11 is 9.29. The molecule has 0 unspecified atom stereocenters. The number of carbonyl (C=O) groups is 1. The number of hydrogen-bond acceptors (Lipinski definition) is 2. The summed E-state index contributed by atoms with van der Waals surface area (Å²) in [6.45, 7) is 0.377. The predicted octanol–water partition coefficient (Wildman–Crippen LogP) is 4.48. The molecule has 2 rings (SSSR count). The van der Waals surface area contributed by atoms with Gasteiger partial charge < -0.3 is 9.84 Å². The molecule has 3 nitrogen and oxygen atoms in total. The molecule has 0 spiro atoms. The molecule has 0 saturated heterocycles. The summed E-state index contributed by atoms with van der Waals surface area (Å²) in [4.78, 5) is 11.4. The minimum absolute atomic E-state index is 0.0669. The van der Waals surface area contributed by atoms with Gasteiger partial charge in [0.15, 0.2) is 0 Å². The number of alkyl halides is 1. The molecule has 104 valence electrons. The van der Waals surface area contributed by atoms with Gasteiger partial charge in [-0.15, -0.1) is 0 Å². The van der Waals surface area contributed by atoms with Crippen molar-refractivity contribution in [3.63, 3.8) is 0 Å². The Morgan fingerprint density at radius 1 is 1.25 bits per heavy atom. The van der Waals surface area contributed by atoms with E-state index in [0.717, 1.165) is 5.56 Å². The highest BCUT2D eigenvalue weighted by atomic mass is 79.9. The summed E-state index contributed by atoms with van der Waals surface area (Å²) in [6.07, 6.45) is 0. The zero-order valence-corrected chi connectivity index (χ0v) is 12.8.